The molecule has 0 radical (unpaired) electrons. The highest BCUT2D eigenvalue weighted by Gasteiger charge is 2.04. The van der Waals surface area contributed by atoms with Crippen molar-refractivity contribution in [1.29, 1.82) is 0 Å². The monoisotopic (exact) mass is 127 g/mol. The average molecular weight is 128 g/mol. The van der Waals surface area contributed by atoms with Gasteiger partial charge in [-0.2, -0.15) is 0 Å². The number of hydrogen-bond acceptors (Lipinski definition) is 0. The maximum absolute atomic E-state index is 5.33. The second-order valence-corrected chi connectivity index (χ2v) is 3.26. The van der Waals surface area contributed by atoms with Crippen LogP contribution in [0.2, 0.25) is 0 Å². The zero-order valence-electron chi connectivity index (χ0n) is 4.04. The van der Waals surface area contributed by atoms with Gasteiger partial charge in [-0.1, -0.05) is 11.6 Å². The molecule has 0 spiro atoms. The Bertz CT molecular complexity index is 26.7. The molecule has 0 aromatic heterocycles. The van der Waals surface area contributed by atoms with E-state index in [9.17, 15) is 0 Å². The molecule has 38 valence electrons. The summed E-state index contributed by atoms with van der Waals surface area (Å²) in [6.45, 7) is 4.21. The minimum atomic E-state index is 0.627. The molecule has 0 unspecified atom stereocenters. The molecule has 0 N–H and O–H groups in total. The first-order valence-corrected chi connectivity index (χ1v) is 3.41. The zero-order chi connectivity index (χ0) is 4.99. The van der Waals surface area contributed by atoms with Crippen LogP contribution in [0.5, 0.6) is 0 Å². The second kappa shape index (κ2) is 3.76. The Morgan fingerprint density at radius 1 is 1.67 bits per heavy atom. The van der Waals surface area contributed by atoms with Gasteiger partial charge in [0, 0.05) is 0 Å². The largest absolute Gasteiger partial charge is 0.245 e. The van der Waals surface area contributed by atoms with Crippen LogP contribution in [0.4, 0.5) is 0 Å². The molecule has 0 aliphatic heterocycles. The fourth-order valence-corrected chi connectivity index (χ4v) is 1.05. The fourth-order valence-electron chi connectivity index (χ4n) is 0.117. The molecule has 0 heterocycles. The van der Waals surface area contributed by atoms with Gasteiger partial charge in [0.1, 0.15) is 10.8 Å². The van der Waals surface area contributed by atoms with E-state index in [-0.39, 0.29) is 0 Å². The van der Waals surface area contributed by atoms with Gasteiger partial charge in [-0.3, -0.25) is 0 Å². The normalized spacial score (nSPS) is 10.0. The third-order valence-electron chi connectivity index (χ3n) is 0.367. The number of alkyl halides is 3. The predicted octanol–water partition coefficient (Wildman–Crippen LogP) is 1.68. The summed E-state index contributed by atoms with van der Waals surface area (Å²) in [7, 11) is 2.16. The molecule has 0 bridgehead atoms. The highest BCUT2D eigenvalue weighted by Crippen LogP contribution is 1.88. The van der Waals surface area contributed by atoms with E-state index in [0.29, 0.717) is 10.7 Å². The van der Waals surface area contributed by atoms with Crippen LogP contribution in [0.1, 0.15) is 13.8 Å². The molecule has 0 aromatic rings. The Labute approximate surface area is 47.6 Å². The minimum absolute atomic E-state index is 0.627. The number of rotatable bonds is 2. The molecule has 0 rings (SSSR count). The van der Waals surface area contributed by atoms with Crippen molar-refractivity contribution < 1.29 is 10.8 Å². The van der Waals surface area contributed by atoms with Gasteiger partial charge in [0.05, 0.1) is 0 Å². The molecule has 0 fully saturated rings. The molecule has 0 saturated carbocycles. The van der Waals surface area contributed by atoms with E-state index >= 15 is 0 Å². The van der Waals surface area contributed by atoms with E-state index in [1.165, 1.54) is 0 Å². The average Bonchev–Trinajstić information content (AvgIpc) is 1.35. The van der Waals surface area contributed by atoms with E-state index in [1.54, 1.807) is 0 Å². The standard InChI is InChI=1S/C4H9Cl2/c1-4(2)6-3-5/h4H,3H2,1-2H3/q+1. The van der Waals surface area contributed by atoms with E-state index in [2.05, 4.69) is 24.6 Å². The molecule has 0 aliphatic carbocycles. The van der Waals surface area contributed by atoms with Gasteiger partial charge < -0.3 is 0 Å². The first kappa shape index (κ1) is 6.58. The third kappa shape index (κ3) is 4.58. The molecule has 6 heavy (non-hydrogen) atoms. The summed E-state index contributed by atoms with van der Waals surface area (Å²) in [5, 5.41) is 1.29. The van der Waals surface area contributed by atoms with Crippen LogP contribution < -0.4 is 0 Å². The molecule has 0 aromatic carbocycles. The molecule has 0 saturated heterocycles. The maximum atomic E-state index is 5.33. The Balaban J connectivity index is 2.63. The lowest BCUT2D eigenvalue weighted by atomic mass is 10.6. The van der Waals surface area contributed by atoms with Gasteiger partial charge in [-0.25, -0.2) is 0 Å². The summed E-state index contributed by atoms with van der Waals surface area (Å²) < 4.78 is 0. The van der Waals surface area contributed by atoms with Crippen molar-refractivity contribution in [2.75, 3.05) is 5.34 Å². The summed E-state index contributed by atoms with van der Waals surface area (Å²) in [6, 6.07) is 0. The smallest absolute Gasteiger partial charge is 0.0568 e. The Kier molecular flexibility index (Phi) is 4.12. The molecule has 0 atom stereocenters. The topological polar surface area (TPSA) is 0 Å². The Morgan fingerprint density at radius 2 is 2.17 bits per heavy atom. The van der Waals surface area contributed by atoms with Gasteiger partial charge >= 0.3 is 0 Å². The maximum Gasteiger partial charge on any atom is 0.245 e. The first-order chi connectivity index (χ1) is 2.77. The van der Waals surface area contributed by atoms with Crippen molar-refractivity contribution in [3.8, 4) is 0 Å². The van der Waals surface area contributed by atoms with Gasteiger partial charge in [-0.05, 0) is 13.8 Å². The highest BCUT2D eigenvalue weighted by molar-refractivity contribution is 6.16. The van der Waals surface area contributed by atoms with Crippen LogP contribution in [0.3, 0.4) is 0 Å². The lowest BCUT2D eigenvalue weighted by molar-refractivity contribution is -0.667. The summed E-state index contributed by atoms with van der Waals surface area (Å²) in [5.74, 6) is 0. The van der Waals surface area contributed by atoms with Crippen molar-refractivity contribution in [2.45, 2.75) is 19.2 Å². The Hall–Kier alpha value is 0.580. The summed E-state index contributed by atoms with van der Waals surface area (Å²) in [5.41, 5.74) is 0. The molecular formula is C4H9Cl2+. The SMILES string of the molecule is CC(C)[Cl+]CCl. The van der Waals surface area contributed by atoms with E-state index in [0.717, 1.165) is 0 Å². The fraction of sp³-hybridized carbons (Fsp3) is 1.00. The van der Waals surface area contributed by atoms with Crippen LogP contribution in [0, 0.1) is 10.8 Å². The quantitative estimate of drug-likeness (QED) is 0.496. The number of hydrogen-bond donors (Lipinski definition) is 0. The summed E-state index contributed by atoms with van der Waals surface area (Å²) in [4.78, 5) is 0. The van der Waals surface area contributed by atoms with Gasteiger partial charge in [0.25, 0.3) is 0 Å². The van der Waals surface area contributed by atoms with Crippen molar-refractivity contribution in [3.05, 3.63) is 0 Å². The van der Waals surface area contributed by atoms with Crippen molar-refractivity contribution >= 4 is 11.6 Å². The number of halogens is 2. The summed E-state index contributed by atoms with van der Waals surface area (Å²) in [6.07, 6.45) is 0. The molecule has 2 heteroatoms. The zero-order valence-corrected chi connectivity index (χ0v) is 5.55. The highest BCUT2D eigenvalue weighted by atomic mass is 35.6. The van der Waals surface area contributed by atoms with Gasteiger partial charge in [0.2, 0.25) is 5.34 Å². The van der Waals surface area contributed by atoms with Crippen LogP contribution >= 0.6 is 11.6 Å². The lowest BCUT2D eigenvalue weighted by Crippen LogP contribution is -1.96. The van der Waals surface area contributed by atoms with Crippen molar-refractivity contribution in [1.82, 2.24) is 0 Å². The van der Waals surface area contributed by atoms with Crippen molar-refractivity contribution in [2.24, 2.45) is 0 Å². The van der Waals surface area contributed by atoms with E-state index in [1.807, 2.05) is 0 Å². The van der Waals surface area contributed by atoms with Crippen LogP contribution in [0.15, 0.2) is 0 Å². The van der Waals surface area contributed by atoms with Crippen LogP contribution in [-0.2, 0) is 0 Å². The van der Waals surface area contributed by atoms with E-state index < -0.39 is 0 Å². The Morgan fingerprint density at radius 3 is 2.17 bits per heavy atom. The first-order valence-electron chi connectivity index (χ1n) is 1.91. The van der Waals surface area contributed by atoms with Crippen LogP contribution in [0.25, 0.3) is 0 Å². The predicted molar refractivity (Wildman–Crippen MR) is 25.9 cm³/mol. The third-order valence-corrected chi connectivity index (χ3v) is 1.45. The van der Waals surface area contributed by atoms with E-state index in [4.69, 9.17) is 11.6 Å². The second-order valence-electron chi connectivity index (χ2n) is 1.27. The van der Waals surface area contributed by atoms with Gasteiger partial charge in [-0.15, -0.1) is 0 Å². The molecule has 0 amide bonds. The molecule has 0 nitrogen and oxygen atoms in total. The van der Waals surface area contributed by atoms with Crippen LogP contribution in [-0.4, -0.2) is 10.7 Å². The molecule has 0 aliphatic rings. The van der Waals surface area contributed by atoms with Gasteiger partial charge in [0.15, 0.2) is 5.38 Å². The summed E-state index contributed by atoms with van der Waals surface area (Å²) >= 11 is 5.33. The lowest BCUT2D eigenvalue weighted by Gasteiger charge is -1.77. The molecular weight excluding hydrogens is 119 g/mol. The minimum Gasteiger partial charge on any atom is -0.0568 e. The van der Waals surface area contributed by atoms with Crippen molar-refractivity contribution in [3.63, 3.8) is 0 Å².